The van der Waals surface area contributed by atoms with Crippen molar-refractivity contribution in [1.29, 1.82) is 0 Å². The maximum absolute atomic E-state index is 12.9. The van der Waals surface area contributed by atoms with Crippen LogP contribution in [0.4, 0.5) is 4.79 Å². The zero-order valence-electron chi connectivity index (χ0n) is 19.4. The summed E-state index contributed by atoms with van der Waals surface area (Å²) in [5.74, 6) is -1.51. The van der Waals surface area contributed by atoms with Gasteiger partial charge in [0.25, 0.3) is 0 Å². The minimum atomic E-state index is -0.900. The Kier molecular flexibility index (Phi) is 7.80. The lowest BCUT2D eigenvalue weighted by Gasteiger charge is -2.34. The number of piperidine rings is 1. The molecule has 1 fully saturated rings. The van der Waals surface area contributed by atoms with Crippen LogP contribution in [0.3, 0.4) is 0 Å². The molecular weight excluding hydrogens is 408 g/mol. The number of amides is 2. The predicted molar refractivity (Wildman–Crippen MR) is 121 cm³/mol. The average molecular weight is 445 g/mol. The number of aliphatic carboxylic acids is 1. The van der Waals surface area contributed by atoms with Gasteiger partial charge in [0.2, 0.25) is 5.91 Å². The van der Waals surface area contributed by atoms with Crippen LogP contribution in [0.2, 0.25) is 0 Å². The number of fused-ring (bicyclic) bond motifs is 1. The maximum Gasteiger partial charge on any atom is 0.407 e. The molecule has 1 heterocycles. The van der Waals surface area contributed by atoms with E-state index in [1.54, 1.807) is 4.90 Å². The highest BCUT2D eigenvalue weighted by molar-refractivity contribution is 5.82. The van der Waals surface area contributed by atoms with Gasteiger partial charge < -0.3 is 20.1 Å². The first-order valence-electron chi connectivity index (χ1n) is 11.7. The highest BCUT2D eigenvalue weighted by Gasteiger charge is 2.32. The number of rotatable bonds is 6. The van der Waals surface area contributed by atoms with Crippen molar-refractivity contribution in [2.75, 3.05) is 13.1 Å². The summed E-state index contributed by atoms with van der Waals surface area (Å²) >= 11 is 0. The van der Waals surface area contributed by atoms with E-state index in [9.17, 15) is 19.5 Å². The molecular formula is C25H36N2O5. The lowest BCUT2D eigenvalue weighted by atomic mass is 9.77. The average Bonchev–Trinajstić information content (AvgIpc) is 2.72. The lowest BCUT2D eigenvalue weighted by molar-refractivity contribution is -0.146. The normalized spacial score (nSPS) is 20.2. The van der Waals surface area contributed by atoms with Crippen molar-refractivity contribution in [2.45, 2.75) is 83.3 Å². The van der Waals surface area contributed by atoms with Crippen LogP contribution in [0.5, 0.6) is 0 Å². The van der Waals surface area contributed by atoms with E-state index >= 15 is 0 Å². The molecule has 0 aromatic heterocycles. The summed E-state index contributed by atoms with van der Waals surface area (Å²) in [6.45, 7) is 6.48. The summed E-state index contributed by atoms with van der Waals surface area (Å²) in [4.78, 5) is 38.5. The second-order valence-corrected chi connectivity index (χ2v) is 10.1. The second kappa shape index (κ2) is 10.4. The molecule has 1 aliphatic carbocycles. The summed E-state index contributed by atoms with van der Waals surface area (Å²) in [5, 5.41) is 12.7. The van der Waals surface area contributed by atoms with Crippen LogP contribution >= 0.6 is 0 Å². The van der Waals surface area contributed by atoms with Crippen molar-refractivity contribution in [1.82, 2.24) is 10.2 Å². The lowest BCUT2D eigenvalue weighted by Crippen LogP contribution is -2.48. The van der Waals surface area contributed by atoms with Crippen molar-refractivity contribution in [3.8, 4) is 0 Å². The van der Waals surface area contributed by atoms with E-state index in [0.717, 1.165) is 19.3 Å². The van der Waals surface area contributed by atoms with Crippen molar-refractivity contribution < 1.29 is 24.2 Å². The largest absolute Gasteiger partial charge is 0.481 e. The highest BCUT2D eigenvalue weighted by atomic mass is 16.6. The van der Waals surface area contributed by atoms with Gasteiger partial charge in [-0.05, 0) is 76.3 Å². The number of nitrogens with zero attached hydrogens (tertiary/aromatic N) is 1. The third kappa shape index (κ3) is 6.71. The summed E-state index contributed by atoms with van der Waals surface area (Å²) in [6.07, 6.45) is 4.41. The number of hydrogen-bond donors (Lipinski definition) is 2. The zero-order valence-corrected chi connectivity index (χ0v) is 19.4. The number of carboxylic acids is 1. The molecule has 0 radical (unpaired) electrons. The van der Waals surface area contributed by atoms with E-state index < -0.39 is 23.6 Å². The first-order valence-corrected chi connectivity index (χ1v) is 11.7. The molecule has 1 aliphatic heterocycles. The fraction of sp³-hybridized carbons (Fsp3) is 0.640. The van der Waals surface area contributed by atoms with Gasteiger partial charge in [0.15, 0.2) is 0 Å². The molecule has 176 valence electrons. The van der Waals surface area contributed by atoms with Crippen molar-refractivity contribution >= 4 is 18.0 Å². The van der Waals surface area contributed by atoms with Crippen LogP contribution in [0.15, 0.2) is 24.3 Å². The number of hydrogen-bond acceptors (Lipinski definition) is 4. The van der Waals surface area contributed by atoms with Gasteiger partial charge in [0.1, 0.15) is 5.60 Å². The molecule has 2 aliphatic rings. The number of alkyl carbamates (subject to hydrolysis) is 1. The zero-order chi connectivity index (χ0) is 23.3. The Hall–Kier alpha value is -2.57. The van der Waals surface area contributed by atoms with Crippen LogP contribution in [0.1, 0.15) is 76.3 Å². The number of carbonyl (C=O) groups is 3. The summed E-state index contributed by atoms with van der Waals surface area (Å²) in [5.41, 5.74) is 2.00. The molecule has 1 aromatic carbocycles. The van der Waals surface area contributed by atoms with E-state index in [0.29, 0.717) is 32.4 Å². The highest BCUT2D eigenvalue weighted by Crippen LogP contribution is 2.37. The molecule has 1 aromatic rings. The third-order valence-electron chi connectivity index (χ3n) is 6.40. The van der Waals surface area contributed by atoms with Crippen LogP contribution in [0.25, 0.3) is 0 Å². The fourth-order valence-corrected chi connectivity index (χ4v) is 4.80. The Balaban J connectivity index is 1.51. The molecule has 2 amide bonds. The number of benzene rings is 1. The van der Waals surface area contributed by atoms with Crippen molar-refractivity contribution in [3.63, 3.8) is 0 Å². The van der Waals surface area contributed by atoms with Gasteiger partial charge in [-0.2, -0.15) is 0 Å². The maximum atomic E-state index is 12.9. The van der Waals surface area contributed by atoms with Gasteiger partial charge in [0, 0.05) is 25.6 Å². The van der Waals surface area contributed by atoms with E-state index in [1.807, 2.05) is 32.9 Å². The number of aryl methyl sites for hydroxylation is 1. The van der Waals surface area contributed by atoms with Crippen LogP contribution in [-0.4, -0.2) is 52.7 Å². The standard InChI is InChI=1S/C25H36N2O5/c1-25(2,3)32-24(31)26-20-11-13-27(14-12-20)22(28)16-19(23(29)30)15-18-9-6-8-17-7-4-5-10-21(17)18/h4-5,7,10,18-20H,6,8-9,11-16H2,1-3H3,(H,26,31)(H,29,30)/t18?,19-/m1/s1. The first-order chi connectivity index (χ1) is 15.1. The molecule has 0 saturated carbocycles. The SMILES string of the molecule is CC(C)(C)OC(=O)NC1CCN(C(=O)C[C@@H](CC2CCCc3ccccc32)C(=O)O)CC1. The molecule has 3 rings (SSSR count). The Labute approximate surface area is 190 Å². The van der Waals surface area contributed by atoms with Crippen LogP contribution < -0.4 is 5.32 Å². The second-order valence-electron chi connectivity index (χ2n) is 10.1. The van der Waals surface area contributed by atoms with E-state index in [-0.39, 0.29) is 24.3 Å². The Bertz CT molecular complexity index is 824. The van der Waals surface area contributed by atoms with Gasteiger partial charge >= 0.3 is 12.1 Å². The molecule has 32 heavy (non-hydrogen) atoms. The molecule has 0 spiro atoms. The Morgan fingerprint density at radius 3 is 2.50 bits per heavy atom. The molecule has 2 atom stereocenters. The van der Waals surface area contributed by atoms with Gasteiger partial charge in [0.05, 0.1) is 5.92 Å². The van der Waals surface area contributed by atoms with Gasteiger partial charge in [-0.3, -0.25) is 9.59 Å². The van der Waals surface area contributed by atoms with E-state index in [1.165, 1.54) is 11.1 Å². The van der Waals surface area contributed by atoms with Gasteiger partial charge in [-0.1, -0.05) is 24.3 Å². The Morgan fingerprint density at radius 1 is 1.16 bits per heavy atom. The third-order valence-corrected chi connectivity index (χ3v) is 6.40. The molecule has 7 nitrogen and oxygen atoms in total. The monoisotopic (exact) mass is 444 g/mol. The minimum absolute atomic E-state index is 0.0260. The number of likely N-dealkylation sites (tertiary alicyclic amines) is 1. The van der Waals surface area contributed by atoms with Gasteiger partial charge in [-0.25, -0.2) is 4.79 Å². The van der Waals surface area contributed by atoms with Crippen molar-refractivity contribution in [3.05, 3.63) is 35.4 Å². The number of carbonyl (C=O) groups excluding carboxylic acids is 2. The predicted octanol–water partition coefficient (Wildman–Crippen LogP) is 4.10. The number of carboxylic acid groups (broad SMARTS) is 1. The number of nitrogens with one attached hydrogen (secondary N) is 1. The van der Waals surface area contributed by atoms with Crippen LogP contribution in [0, 0.1) is 5.92 Å². The quantitative estimate of drug-likeness (QED) is 0.689. The Morgan fingerprint density at radius 2 is 1.84 bits per heavy atom. The number of ether oxygens (including phenoxy) is 1. The smallest absolute Gasteiger partial charge is 0.407 e. The van der Waals surface area contributed by atoms with Crippen LogP contribution in [-0.2, 0) is 20.7 Å². The van der Waals surface area contributed by atoms with Gasteiger partial charge in [-0.15, -0.1) is 0 Å². The summed E-state index contributed by atoms with van der Waals surface area (Å²) in [7, 11) is 0. The minimum Gasteiger partial charge on any atom is -0.481 e. The summed E-state index contributed by atoms with van der Waals surface area (Å²) in [6, 6.07) is 8.22. The molecule has 0 bridgehead atoms. The molecule has 1 saturated heterocycles. The van der Waals surface area contributed by atoms with Crippen molar-refractivity contribution in [2.24, 2.45) is 5.92 Å². The molecule has 1 unspecified atom stereocenters. The molecule has 2 N–H and O–H groups in total. The topological polar surface area (TPSA) is 95.9 Å². The summed E-state index contributed by atoms with van der Waals surface area (Å²) < 4.78 is 5.30. The first kappa shape index (κ1) is 24.1. The van der Waals surface area contributed by atoms with E-state index in [4.69, 9.17) is 4.74 Å². The fourth-order valence-electron chi connectivity index (χ4n) is 4.80. The van der Waals surface area contributed by atoms with E-state index in [2.05, 4.69) is 17.4 Å². The molecule has 7 heteroatoms.